The Morgan fingerprint density at radius 2 is 2.07 bits per heavy atom. The molecule has 4 rings (SSSR count). The molecule has 0 saturated carbocycles. The fraction of sp³-hybridized carbons (Fsp3) is 0.524. The number of nitriles is 1. The number of ether oxygens (including phenoxy) is 1. The topological polar surface area (TPSA) is 87.3 Å². The molecule has 2 aliphatic heterocycles. The number of pyridine rings is 1. The summed E-state index contributed by atoms with van der Waals surface area (Å²) < 4.78 is 7.72. The van der Waals surface area contributed by atoms with Gasteiger partial charge in [0, 0.05) is 50.9 Å². The number of aromatic nitrogens is 3. The minimum Gasteiger partial charge on any atom is -0.369 e. The predicted molar refractivity (Wildman–Crippen MR) is 108 cm³/mol. The number of nitrogens with zero attached hydrogens (tertiary/aromatic N) is 6. The van der Waals surface area contributed by atoms with E-state index in [1.807, 2.05) is 30.4 Å². The second kappa shape index (κ2) is 7.84. The van der Waals surface area contributed by atoms with Crippen LogP contribution < -0.4 is 4.90 Å². The summed E-state index contributed by atoms with van der Waals surface area (Å²) in [6, 6.07) is 3.95. The highest BCUT2D eigenvalue weighted by Gasteiger charge is 2.34. The van der Waals surface area contributed by atoms with Crippen LogP contribution in [0.1, 0.15) is 54.2 Å². The van der Waals surface area contributed by atoms with Gasteiger partial charge in [0.25, 0.3) is 5.91 Å². The van der Waals surface area contributed by atoms with Crippen LogP contribution in [0.15, 0.2) is 18.5 Å². The second-order valence-corrected chi connectivity index (χ2v) is 7.61. The van der Waals surface area contributed by atoms with Crippen LogP contribution in [0.3, 0.4) is 0 Å². The van der Waals surface area contributed by atoms with E-state index in [0.717, 1.165) is 16.9 Å². The Balaban J connectivity index is 1.54. The van der Waals surface area contributed by atoms with Crippen molar-refractivity contribution in [1.29, 1.82) is 5.26 Å². The Kier molecular flexibility index (Phi) is 5.24. The molecule has 2 atom stereocenters. The van der Waals surface area contributed by atoms with Crippen LogP contribution >= 0.6 is 0 Å². The van der Waals surface area contributed by atoms with Gasteiger partial charge < -0.3 is 14.5 Å². The molecule has 1 amide bonds. The first kappa shape index (κ1) is 19.4. The lowest BCUT2D eigenvalue weighted by atomic mass is 9.99. The summed E-state index contributed by atoms with van der Waals surface area (Å²) >= 11 is 0. The predicted octanol–water partition coefficient (Wildman–Crippen LogP) is 2.15. The van der Waals surface area contributed by atoms with Crippen molar-refractivity contribution in [2.75, 3.05) is 31.1 Å². The monoisotopic (exact) mass is 394 g/mol. The third kappa shape index (κ3) is 3.47. The van der Waals surface area contributed by atoms with Crippen molar-refractivity contribution in [3.05, 3.63) is 41.0 Å². The standard InChI is InChI=1S/C21H26N6O2/c1-4-27-20(17-11-14(2)29-15(3)19(17)24-27)21(28)26-9-7-25(8-10-26)18-13-23-6-5-16(18)12-22/h5-6,13-15H,4,7-11H2,1-3H3/t14-,15+/m0/s1. The highest BCUT2D eigenvalue weighted by molar-refractivity contribution is 5.94. The number of piperazine rings is 1. The summed E-state index contributed by atoms with van der Waals surface area (Å²) in [6.45, 7) is 9.23. The lowest BCUT2D eigenvalue weighted by Crippen LogP contribution is -2.49. The van der Waals surface area contributed by atoms with E-state index < -0.39 is 0 Å². The van der Waals surface area contributed by atoms with Gasteiger partial charge in [0.15, 0.2) is 0 Å². The summed E-state index contributed by atoms with van der Waals surface area (Å²) in [5.41, 5.74) is 4.07. The van der Waals surface area contributed by atoms with Crippen molar-refractivity contribution in [3.8, 4) is 6.07 Å². The van der Waals surface area contributed by atoms with Gasteiger partial charge in [-0.3, -0.25) is 14.5 Å². The summed E-state index contributed by atoms with van der Waals surface area (Å²) in [5, 5.41) is 14.0. The highest BCUT2D eigenvalue weighted by atomic mass is 16.5. The molecule has 0 aliphatic carbocycles. The van der Waals surface area contributed by atoms with Crippen LogP contribution in [0.25, 0.3) is 0 Å². The van der Waals surface area contributed by atoms with E-state index in [0.29, 0.717) is 50.4 Å². The first-order chi connectivity index (χ1) is 14.0. The molecule has 0 spiro atoms. The van der Waals surface area contributed by atoms with Crippen molar-refractivity contribution in [2.24, 2.45) is 0 Å². The summed E-state index contributed by atoms with van der Waals surface area (Å²) in [4.78, 5) is 21.6. The number of hydrogen-bond acceptors (Lipinski definition) is 6. The smallest absolute Gasteiger partial charge is 0.272 e. The summed E-state index contributed by atoms with van der Waals surface area (Å²) in [7, 11) is 0. The van der Waals surface area contributed by atoms with Gasteiger partial charge in [-0.25, -0.2) is 0 Å². The SMILES string of the molecule is CCn1nc2c(c1C(=O)N1CCN(c3cnccc3C#N)CC1)C[C@H](C)O[C@@H]2C. The zero-order valence-corrected chi connectivity index (χ0v) is 17.1. The molecule has 2 aromatic rings. The fourth-order valence-corrected chi connectivity index (χ4v) is 4.30. The largest absolute Gasteiger partial charge is 0.369 e. The van der Waals surface area contributed by atoms with Crippen LogP contribution in [-0.2, 0) is 17.7 Å². The number of hydrogen-bond donors (Lipinski definition) is 0. The van der Waals surface area contributed by atoms with Crippen molar-refractivity contribution < 1.29 is 9.53 Å². The minimum absolute atomic E-state index is 0.0354. The van der Waals surface area contributed by atoms with Gasteiger partial charge in [-0.05, 0) is 26.8 Å². The average Bonchev–Trinajstić information content (AvgIpc) is 3.12. The van der Waals surface area contributed by atoms with Gasteiger partial charge in [0.05, 0.1) is 35.3 Å². The van der Waals surface area contributed by atoms with Crippen molar-refractivity contribution >= 4 is 11.6 Å². The van der Waals surface area contributed by atoms with Crippen LogP contribution in [0, 0.1) is 11.3 Å². The van der Waals surface area contributed by atoms with Crippen molar-refractivity contribution in [1.82, 2.24) is 19.7 Å². The molecule has 8 heteroatoms. The lowest BCUT2D eigenvalue weighted by molar-refractivity contribution is -0.00716. The number of carbonyl (C=O) groups excluding carboxylic acids is 1. The van der Waals surface area contributed by atoms with Gasteiger partial charge in [-0.1, -0.05) is 0 Å². The molecule has 4 heterocycles. The molecule has 0 N–H and O–H groups in total. The van der Waals surface area contributed by atoms with Gasteiger partial charge in [0.2, 0.25) is 0 Å². The van der Waals surface area contributed by atoms with E-state index in [4.69, 9.17) is 4.74 Å². The van der Waals surface area contributed by atoms with E-state index in [1.54, 1.807) is 18.5 Å². The molecule has 2 aliphatic rings. The third-order valence-electron chi connectivity index (χ3n) is 5.72. The molecule has 0 unspecified atom stereocenters. The summed E-state index contributed by atoms with van der Waals surface area (Å²) in [5.74, 6) is 0.0354. The van der Waals surface area contributed by atoms with Crippen LogP contribution in [0.4, 0.5) is 5.69 Å². The van der Waals surface area contributed by atoms with Crippen LogP contribution in [0.5, 0.6) is 0 Å². The Hall–Kier alpha value is -2.92. The maximum atomic E-state index is 13.4. The van der Waals surface area contributed by atoms with Crippen molar-refractivity contribution in [3.63, 3.8) is 0 Å². The van der Waals surface area contributed by atoms with Gasteiger partial charge in [-0.15, -0.1) is 0 Å². The maximum absolute atomic E-state index is 13.4. The zero-order chi connectivity index (χ0) is 20.5. The normalized spacial score (nSPS) is 21.6. The Morgan fingerprint density at radius 3 is 2.76 bits per heavy atom. The average molecular weight is 394 g/mol. The quantitative estimate of drug-likeness (QED) is 0.793. The molecule has 2 aromatic heterocycles. The van der Waals surface area contributed by atoms with Crippen molar-refractivity contribution in [2.45, 2.75) is 45.9 Å². The molecule has 0 radical (unpaired) electrons. The number of anilines is 1. The van der Waals surface area contributed by atoms with Crippen LogP contribution in [-0.4, -0.2) is 57.9 Å². The van der Waals surface area contributed by atoms with Gasteiger partial charge >= 0.3 is 0 Å². The number of fused-ring (bicyclic) bond motifs is 1. The minimum atomic E-state index is -0.0973. The zero-order valence-electron chi connectivity index (χ0n) is 17.1. The molecule has 0 aromatic carbocycles. The summed E-state index contributed by atoms with van der Waals surface area (Å²) in [6.07, 6.45) is 4.04. The molecule has 1 fully saturated rings. The molecule has 152 valence electrons. The highest BCUT2D eigenvalue weighted by Crippen LogP contribution is 2.32. The van der Waals surface area contributed by atoms with E-state index in [1.165, 1.54) is 0 Å². The lowest BCUT2D eigenvalue weighted by Gasteiger charge is -2.36. The number of aryl methyl sites for hydroxylation is 1. The van der Waals surface area contributed by atoms with E-state index in [9.17, 15) is 10.1 Å². The Labute approximate surface area is 170 Å². The van der Waals surface area contributed by atoms with Crippen LogP contribution in [0.2, 0.25) is 0 Å². The first-order valence-corrected chi connectivity index (χ1v) is 10.2. The Morgan fingerprint density at radius 1 is 1.31 bits per heavy atom. The van der Waals surface area contributed by atoms with E-state index in [-0.39, 0.29) is 18.1 Å². The first-order valence-electron chi connectivity index (χ1n) is 10.2. The van der Waals surface area contributed by atoms with Gasteiger partial charge in [-0.2, -0.15) is 10.4 Å². The van der Waals surface area contributed by atoms with E-state index >= 15 is 0 Å². The Bertz CT molecular complexity index is 955. The third-order valence-corrected chi connectivity index (χ3v) is 5.72. The second-order valence-electron chi connectivity index (χ2n) is 7.61. The van der Waals surface area contributed by atoms with Gasteiger partial charge in [0.1, 0.15) is 11.8 Å². The number of amides is 1. The molecule has 8 nitrogen and oxygen atoms in total. The molecular formula is C21H26N6O2. The molecular weight excluding hydrogens is 368 g/mol. The molecule has 29 heavy (non-hydrogen) atoms. The fourth-order valence-electron chi connectivity index (χ4n) is 4.30. The number of rotatable bonds is 3. The maximum Gasteiger partial charge on any atom is 0.272 e. The molecule has 0 bridgehead atoms. The molecule has 1 saturated heterocycles. The van der Waals surface area contributed by atoms with E-state index in [2.05, 4.69) is 21.1 Å². The number of carbonyl (C=O) groups is 1.